The molecule has 1 N–H and O–H groups in total. The lowest BCUT2D eigenvalue weighted by Crippen LogP contribution is -2.23. The predicted molar refractivity (Wildman–Crippen MR) is 88.4 cm³/mol. The topological polar surface area (TPSA) is 47.7 Å². The van der Waals surface area contributed by atoms with Crippen molar-refractivity contribution in [3.8, 4) is 0 Å². The highest BCUT2D eigenvalue weighted by atomic mass is 79.9. The maximum absolute atomic E-state index is 4.57. The zero-order valence-corrected chi connectivity index (χ0v) is 15.0. The molecule has 0 saturated heterocycles. The van der Waals surface area contributed by atoms with Crippen LogP contribution in [0.3, 0.4) is 0 Å². The van der Waals surface area contributed by atoms with Gasteiger partial charge in [-0.05, 0) is 49.3 Å². The van der Waals surface area contributed by atoms with Crippen LogP contribution in [0.25, 0.3) is 0 Å². The molecule has 6 heteroatoms. The van der Waals surface area contributed by atoms with Crippen molar-refractivity contribution < 1.29 is 0 Å². The fraction of sp³-hybridized carbons (Fsp3) is 0.600. The number of nitrogens with zero attached hydrogens (tertiary/aromatic N) is 4. The Balaban J connectivity index is 2.33. The van der Waals surface area contributed by atoms with Gasteiger partial charge in [-0.25, -0.2) is 0 Å². The Kier molecular flexibility index (Phi) is 5.22. The van der Waals surface area contributed by atoms with Crippen molar-refractivity contribution >= 4 is 15.9 Å². The highest BCUT2D eigenvalue weighted by molar-refractivity contribution is 9.10. The van der Waals surface area contributed by atoms with Crippen molar-refractivity contribution in [2.24, 2.45) is 7.05 Å². The van der Waals surface area contributed by atoms with Crippen LogP contribution in [0.1, 0.15) is 42.7 Å². The van der Waals surface area contributed by atoms with Gasteiger partial charge < -0.3 is 5.32 Å². The first-order valence-corrected chi connectivity index (χ1v) is 8.22. The Morgan fingerprint density at radius 1 is 1.33 bits per heavy atom. The van der Waals surface area contributed by atoms with Gasteiger partial charge in [-0.3, -0.25) is 9.36 Å². The Bertz CT molecular complexity index is 614. The first kappa shape index (κ1) is 16.2. The summed E-state index contributed by atoms with van der Waals surface area (Å²) in [6.45, 7) is 7.17. The van der Waals surface area contributed by atoms with Crippen LogP contribution in [-0.4, -0.2) is 26.6 Å². The van der Waals surface area contributed by atoms with Crippen LogP contribution in [-0.2, 0) is 26.4 Å². The van der Waals surface area contributed by atoms with Crippen molar-refractivity contribution in [2.75, 3.05) is 7.05 Å². The summed E-state index contributed by atoms with van der Waals surface area (Å²) in [5.41, 5.74) is 4.62. The monoisotopic (exact) mass is 353 g/mol. The fourth-order valence-electron chi connectivity index (χ4n) is 2.65. The van der Waals surface area contributed by atoms with Crippen LogP contribution in [0.4, 0.5) is 0 Å². The van der Waals surface area contributed by atoms with E-state index in [1.807, 2.05) is 25.7 Å². The molecule has 2 aromatic heterocycles. The molecule has 1 atom stereocenters. The minimum absolute atomic E-state index is 0.223. The minimum atomic E-state index is 0.223. The predicted octanol–water partition coefficient (Wildman–Crippen LogP) is 2.77. The molecule has 0 aliphatic heterocycles. The van der Waals surface area contributed by atoms with E-state index in [4.69, 9.17) is 0 Å². The molecule has 0 amide bonds. The lowest BCUT2D eigenvalue weighted by molar-refractivity contribution is 0.507. The normalized spacial score (nSPS) is 12.9. The van der Waals surface area contributed by atoms with Crippen molar-refractivity contribution in [1.29, 1.82) is 0 Å². The molecular formula is C15H24BrN5. The third-order valence-electron chi connectivity index (χ3n) is 3.88. The summed E-state index contributed by atoms with van der Waals surface area (Å²) in [6, 6.07) is 2.41. The first-order chi connectivity index (χ1) is 10.0. The third-order valence-corrected chi connectivity index (χ3v) is 4.92. The molecule has 2 aromatic rings. The number of rotatable bonds is 6. The molecule has 0 radical (unpaired) electrons. The second-order valence-electron chi connectivity index (χ2n) is 5.24. The van der Waals surface area contributed by atoms with Gasteiger partial charge >= 0.3 is 0 Å². The molecule has 21 heavy (non-hydrogen) atoms. The lowest BCUT2D eigenvalue weighted by Gasteiger charge is -2.17. The Morgan fingerprint density at radius 2 is 2.05 bits per heavy atom. The average Bonchev–Trinajstić information content (AvgIpc) is 2.98. The smallest absolute Gasteiger partial charge is 0.0738 e. The number of halogens is 1. The number of hydrogen-bond donors (Lipinski definition) is 1. The van der Waals surface area contributed by atoms with Gasteiger partial charge in [0.05, 0.1) is 33.3 Å². The van der Waals surface area contributed by atoms with E-state index in [0.29, 0.717) is 0 Å². The van der Waals surface area contributed by atoms with E-state index in [1.54, 1.807) is 0 Å². The van der Waals surface area contributed by atoms with Crippen LogP contribution >= 0.6 is 15.9 Å². The zero-order valence-electron chi connectivity index (χ0n) is 13.4. The van der Waals surface area contributed by atoms with Crippen LogP contribution < -0.4 is 5.32 Å². The van der Waals surface area contributed by atoms with Crippen molar-refractivity contribution in [2.45, 2.75) is 46.2 Å². The van der Waals surface area contributed by atoms with Crippen molar-refractivity contribution in [3.63, 3.8) is 0 Å². The molecular weight excluding hydrogens is 330 g/mol. The van der Waals surface area contributed by atoms with Gasteiger partial charge in [0.15, 0.2) is 0 Å². The highest BCUT2D eigenvalue weighted by Crippen LogP contribution is 2.26. The van der Waals surface area contributed by atoms with Gasteiger partial charge in [0.25, 0.3) is 0 Å². The number of aryl methyl sites for hydroxylation is 4. The Morgan fingerprint density at radius 3 is 2.57 bits per heavy atom. The summed E-state index contributed by atoms with van der Waals surface area (Å²) < 4.78 is 5.16. The van der Waals surface area contributed by atoms with Crippen molar-refractivity contribution in [3.05, 3.63) is 33.3 Å². The van der Waals surface area contributed by atoms with Gasteiger partial charge in [0, 0.05) is 20.0 Å². The van der Waals surface area contributed by atoms with Crippen LogP contribution in [0.5, 0.6) is 0 Å². The lowest BCUT2D eigenvalue weighted by atomic mass is 10.1. The summed E-state index contributed by atoms with van der Waals surface area (Å²) in [6.07, 6.45) is 1.84. The van der Waals surface area contributed by atoms with Crippen LogP contribution in [0.15, 0.2) is 10.5 Å². The molecule has 116 valence electrons. The molecule has 0 fully saturated rings. The van der Waals surface area contributed by atoms with Gasteiger partial charge in [-0.2, -0.15) is 10.2 Å². The van der Waals surface area contributed by atoms with Crippen LogP contribution in [0, 0.1) is 6.92 Å². The van der Waals surface area contributed by atoms with E-state index in [-0.39, 0.29) is 6.04 Å². The number of hydrogen-bond acceptors (Lipinski definition) is 3. The second-order valence-corrected chi connectivity index (χ2v) is 6.04. The standard InChI is InChI=1S/C15H24BrN5/c1-6-11-8-13(20(5)19-11)12(17-4)9-14-15(16)10(3)18-21(14)7-2/h8,12,17H,6-7,9H2,1-5H3. The largest absolute Gasteiger partial charge is 0.311 e. The highest BCUT2D eigenvalue weighted by Gasteiger charge is 2.20. The van der Waals surface area contributed by atoms with Crippen LogP contribution in [0.2, 0.25) is 0 Å². The van der Waals surface area contributed by atoms with E-state index in [2.05, 4.69) is 56.0 Å². The number of aromatic nitrogens is 4. The third kappa shape index (κ3) is 3.21. The van der Waals surface area contributed by atoms with Gasteiger partial charge in [0.2, 0.25) is 0 Å². The molecule has 0 aromatic carbocycles. The Labute approximate surface area is 134 Å². The molecule has 2 rings (SSSR count). The van der Waals surface area contributed by atoms with E-state index in [0.717, 1.165) is 35.2 Å². The van der Waals surface area contributed by atoms with E-state index < -0.39 is 0 Å². The summed E-state index contributed by atoms with van der Waals surface area (Å²) in [5, 5.41) is 12.5. The maximum Gasteiger partial charge on any atom is 0.0738 e. The summed E-state index contributed by atoms with van der Waals surface area (Å²) >= 11 is 3.68. The van der Waals surface area contributed by atoms with Gasteiger partial charge in [0.1, 0.15) is 0 Å². The molecule has 0 saturated carbocycles. The zero-order chi connectivity index (χ0) is 15.6. The second kappa shape index (κ2) is 6.75. The van der Waals surface area contributed by atoms with E-state index >= 15 is 0 Å². The first-order valence-electron chi connectivity index (χ1n) is 7.43. The summed E-state index contributed by atoms with van der Waals surface area (Å²) in [4.78, 5) is 0. The minimum Gasteiger partial charge on any atom is -0.311 e. The molecule has 0 aliphatic carbocycles. The quantitative estimate of drug-likeness (QED) is 0.868. The molecule has 1 unspecified atom stereocenters. The molecule has 0 aliphatic rings. The summed E-state index contributed by atoms with van der Waals surface area (Å²) in [5.74, 6) is 0. The SMILES string of the molecule is CCc1cc(C(Cc2c(Br)c(C)nn2CC)NC)n(C)n1. The maximum atomic E-state index is 4.57. The molecule has 0 bridgehead atoms. The van der Waals surface area contributed by atoms with Gasteiger partial charge in [-0.1, -0.05) is 6.92 Å². The summed E-state index contributed by atoms with van der Waals surface area (Å²) in [7, 11) is 4.01. The number of nitrogens with one attached hydrogen (secondary N) is 1. The fourth-order valence-corrected chi connectivity index (χ4v) is 3.10. The molecule has 2 heterocycles. The molecule has 5 nitrogen and oxygen atoms in total. The Hall–Kier alpha value is -1.14. The van der Waals surface area contributed by atoms with E-state index in [9.17, 15) is 0 Å². The van der Waals surface area contributed by atoms with Crippen molar-refractivity contribution in [1.82, 2.24) is 24.9 Å². The average molecular weight is 354 g/mol. The van der Waals surface area contributed by atoms with E-state index in [1.165, 1.54) is 11.4 Å². The number of likely N-dealkylation sites (N-methyl/N-ethyl adjacent to an activating group) is 1. The molecule has 0 spiro atoms. The van der Waals surface area contributed by atoms with Gasteiger partial charge in [-0.15, -0.1) is 0 Å².